The molecule has 1 aromatic rings. The summed E-state index contributed by atoms with van der Waals surface area (Å²) in [4.78, 5) is 22.3. The Hall–Kier alpha value is -1.85. The lowest BCUT2D eigenvalue weighted by atomic mass is 9.97. The average molecular weight is 279 g/mol. The minimum absolute atomic E-state index is 0.00391. The highest BCUT2D eigenvalue weighted by molar-refractivity contribution is 5.72. The normalized spacial score (nSPS) is 16.0. The fraction of sp³-hybridized carbons (Fsp3) is 0.643. The second kappa shape index (κ2) is 7.07. The van der Waals surface area contributed by atoms with E-state index < -0.39 is 0 Å². The molecule has 0 N–H and O–H groups in total. The Kier molecular flexibility index (Phi) is 5.15. The lowest BCUT2D eigenvalue weighted by Gasteiger charge is -2.30. The molecular weight excluding hydrogens is 258 g/mol. The Balaban J connectivity index is 1.94. The molecule has 1 aliphatic rings. The molecule has 0 atom stereocenters. The largest absolute Gasteiger partial charge is 0.478 e. The lowest BCUT2D eigenvalue weighted by molar-refractivity contribution is -0.146. The lowest BCUT2D eigenvalue weighted by Crippen LogP contribution is -2.37. The monoisotopic (exact) mass is 279 g/mol. The van der Waals surface area contributed by atoms with Crippen molar-refractivity contribution in [2.24, 2.45) is 5.92 Å². The highest BCUT2D eigenvalue weighted by Gasteiger charge is 2.26. The number of anilines is 1. The quantitative estimate of drug-likeness (QED) is 0.764. The predicted octanol–water partition coefficient (Wildman–Crippen LogP) is 1.65. The van der Waals surface area contributed by atoms with E-state index in [4.69, 9.17) is 9.47 Å². The van der Waals surface area contributed by atoms with Crippen LogP contribution in [0.4, 0.5) is 5.95 Å². The van der Waals surface area contributed by atoms with E-state index in [1.165, 1.54) is 7.11 Å². The zero-order valence-corrected chi connectivity index (χ0v) is 12.0. The number of hydrogen-bond acceptors (Lipinski definition) is 6. The first-order chi connectivity index (χ1) is 9.74. The summed E-state index contributed by atoms with van der Waals surface area (Å²) in [5, 5.41) is 0. The number of rotatable bonds is 5. The van der Waals surface area contributed by atoms with Crippen LogP contribution in [0.15, 0.2) is 12.3 Å². The molecule has 1 fully saturated rings. The van der Waals surface area contributed by atoms with Gasteiger partial charge in [-0.1, -0.05) is 6.92 Å². The predicted molar refractivity (Wildman–Crippen MR) is 74.8 cm³/mol. The van der Waals surface area contributed by atoms with Crippen LogP contribution < -0.4 is 9.64 Å². The number of esters is 1. The van der Waals surface area contributed by atoms with Gasteiger partial charge in [0.05, 0.1) is 19.6 Å². The summed E-state index contributed by atoms with van der Waals surface area (Å²) in [6.07, 6.45) is 4.20. The SMILES string of the molecule is CCCOc1ccnc(N2CCC(C(=O)OC)CC2)n1. The average Bonchev–Trinajstić information content (AvgIpc) is 2.52. The van der Waals surface area contributed by atoms with Gasteiger partial charge in [-0.15, -0.1) is 0 Å². The van der Waals surface area contributed by atoms with Gasteiger partial charge in [-0.2, -0.15) is 4.98 Å². The third-order valence-corrected chi connectivity index (χ3v) is 3.38. The molecule has 0 aliphatic carbocycles. The standard InChI is InChI=1S/C14H21N3O3/c1-3-10-20-12-4-7-15-14(16-12)17-8-5-11(6-9-17)13(18)19-2/h4,7,11H,3,5-6,8-10H2,1-2H3. The van der Waals surface area contributed by atoms with Crippen LogP contribution >= 0.6 is 0 Å². The molecule has 110 valence electrons. The van der Waals surface area contributed by atoms with Crippen LogP contribution in [0.1, 0.15) is 26.2 Å². The molecule has 1 aromatic heterocycles. The number of carbonyl (C=O) groups is 1. The highest BCUT2D eigenvalue weighted by Crippen LogP contribution is 2.22. The molecule has 20 heavy (non-hydrogen) atoms. The van der Waals surface area contributed by atoms with Crippen LogP contribution in [0.25, 0.3) is 0 Å². The van der Waals surface area contributed by atoms with Crippen molar-refractivity contribution in [2.75, 3.05) is 31.7 Å². The maximum absolute atomic E-state index is 11.5. The van der Waals surface area contributed by atoms with Gasteiger partial charge in [0.1, 0.15) is 0 Å². The summed E-state index contributed by atoms with van der Waals surface area (Å²) in [5.41, 5.74) is 0. The van der Waals surface area contributed by atoms with Gasteiger partial charge < -0.3 is 14.4 Å². The van der Waals surface area contributed by atoms with Crippen molar-refractivity contribution < 1.29 is 14.3 Å². The van der Waals surface area contributed by atoms with Crippen molar-refractivity contribution in [3.05, 3.63) is 12.3 Å². The topological polar surface area (TPSA) is 64.5 Å². The third-order valence-electron chi connectivity index (χ3n) is 3.38. The number of carbonyl (C=O) groups excluding carboxylic acids is 1. The fourth-order valence-electron chi connectivity index (χ4n) is 2.25. The zero-order chi connectivity index (χ0) is 14.4. The molecule has 6 heteroatoms. The van der Waals surface area contributed by atoms with E-state index in [0.29, 0.717) is 18.4 Å². The van der Waals surface area contributed by atoms with Crippen LogP contribution in [-0.2, 0) is 9.53 Å². The van der Waals surface area contributed by atoms with Crippen LogP contribution in [-0.4, -0.2) is 42.7 Å². The number of aromatic nitrogens is 2. The van der Waals surface area contributed by atoms with Crippen molar-refractivity contribution in [3.63, 3.8) is 0 Å². The smallest absolute Gasteiger partial charge is 0.308 e. The van der Waals surface area contributed by atoms with Crippen molar-refractivity contribution in [1.29, 1.82) is 0 Å². The Morgan fingerprint density at radius 3 is 2.85 bits per heavy atom. The summed E-state index contributed by atoms with van der Waals surface area (Å²) in [6, 6.07) is 1.76. The molecule has 1 aliphatic heterocycles. The molecule has 0 aromatic carbocycles. The third kappa shape index (κ3) is 3.59. The maximum atomic E-state index is 11.5. The van der Waals surface area contributed by atoms with Gasteiger partial charge in [0.2, 0.25) is 11.8 Å². The van der Waals surface area contributed by atoms with Crippen molar-refractivity contribution in [1.82, 2.24) is 9.97 Å². The maximum Gasteiger partial charge on any atom is 0.308 e. The molecule has 0 radical (unpaired) electrons. The first-order valence-electron chi connectivity index (χ1n) is 7.03. The van der Waals surface area contributed by atoms with E-state index in [1.54, 1.807) is 12.3 Å². The molecular formula is C14H21N3O3. The van der Waals surface area contributed by atoms with Gasteiger partial charge in [0.25, 0.3) is 0 Å². The molecule has 2 heterocycles. The van der Waals surface area contributed by atoms with Gasteiger partial charge in [0.15, 0.2) is 0 Å². The fourth-order valence-corrected chi connectivity index (χ4v) is 2.25. The second-order valence-electron chi connectivity index (χ2n) is 4.83. The van der Waals surface area contributed by atoms with Gasteiger partial charge in [0, 0.05) is 25.4 Å². The van der Waals surface area contributed by atoms with Gasteiger partial charge in [-0.25, -0.2) is 4.98 Å². The van der Waals surface area contributed by atoms with Crippen molar-refractivity contribution in [2.45, 2.75) is 26.2 Å². The minimum Gasteiger partial charge on any atom is -0.478 e. The number of methoxy groups -OCH3 is 1. The van der Waals surface area contributed by atoms with Crippen LogP contribution in [0, 0.1) is 5.92 Å². The second-order valence-corrected chi connectivity index (χ2v) is 4.83. The van der Waals surface area contributed by atoms with Crippen molar-refractivity contribution >= 4 is 11.9 Å². The van der Waals surface area contributed by atoms with Crippen molar-refractivity contribution in [3.8, 4) is 5.88 Å². The van der Waals surface area contributed by atoms with Gasteiger partial charge in [-0.05, 0) is 19.3 Å². The summed E-state index contributed by atoms with van der Waals surface area (Å²) in [6.45, 7) is 4.23. The summed E-state index contributed by atoms with van der Waals surface area (Å²) < 4.78 is 10.3. The van der Waals surface area contributed by atoms with Crippen LogP contribution in [0.2, 0.25) is 0 Å². The number of piperidine rings is 1. The molecule has 0 amide bonds. The Labute approximate surface area is 119 Å². The Morgan fingerprint density at radius 2 is 2.20 bits per heavy atom. The number of nitrogens with zero attached hydrogens (tertiary/aromatic N) is 3. The molecule has 0 unspecified atom stereocenters. The summed E-state index contributed by atoms with van der Waals surface area (Å²) in [5.74, 6) is 1.15. The number of hydrogen-bond donors (Lipinski definition) is 0. The van der Waals surface area contributed by atoms with Crippen LogP contribution in [0.5, 0.6) is 5.88 Å². The first kappa shape index (κ1) is 14.6. The van der Waals surface area contributed by atoms with E-state index in [-0.39, 0.29) is 11.9 Å². The molecule has 1 saturated heterocycles. The minimum atomic E-state index is -0.120. The first-order valence-corrected chi connectivity index (χ1v) is 7.03. The number of ether oxygens (including phenoxy) is 2. The molecule has 0 saturated carbocycles. The molecule has 2 rings (SSSR count). The summed E-state index contributed by atoms with van der Waals surface area (Å²) >= 11 is 0. The zero-order valence-electron chi connectivity index (χ0n) is 12.0. The molecule has 0 spiro atoms. The van der Waals surface area contributed by atoms with E-state index in [0.717, 1.165) is 32.4 Å². The molecule has 6 nitrogen and oxygen atoms in total. The molecule has 0 bridgehead atoms. The highest BCUT2D eigenvalue weighted by atomic mass is 16.5. The Morgan fingerprint density at radius 1 is 1.45 bits per heavy atom. The van der Waals surface area contributed by atoms with Gasteiger partial charge in [-0.3, -0.25) is 4.79 Å². The summed E-state index contributed by atoms with van der Waals surface area (Å²) in [7, 11) is 1.44. The van der Waals surface area contributed by atoms with E-state index in [1.807, 2.05) is 0 Å². The Bertz CT molecular complexity index is 445. The van der Waals surface area contributed by atoms with E-state index in [9.17, 15) is 4.79 Å². The van der Waals surface area contributed by atoms with E-state index in [2.05, 4.69) is 21.8 Å². The van der Waals surface area contributed by atoms with E-state index >= 15 is 0 Å². The van der Waals surface area contributed by atoms with Crippen LogP contribution in [0.3, 0.4) is 0 Å². The van der Waals surface area contributed by atoms with Gasteiger partial charge >= 0.3 is 5.97 Å².